The first kappa shape index (κ1) is 19.8. The lowest BCUT2D eigenvalue weighted by molar-refractivity contribution is -0.116. The molecule has 1 amide bonds. The number of hydrogen-bond donors (Lipinski definition) is 4. The second kappa shape index (κ2) is 8.70. The summed E-state index contributed by atoms with van der Waals surface area (Å²) in [5.74, 6) is 1.01. The van der Waals surface area contributed by atoms with E-state index in [0.717, 1.165) is 5.56 Å². The number of nitrogens with zero attached hydrogens (tertiary/aromatic N) is 1. The summed E-state index contributed by atoms with van der Waals surface area (Å²) >= 11 is 1.40. The van der Waals surface area contributed by atoms with Crippen LogP contribution in [0.1, 0.15) is 19.4 Å². The maximum Gasteiger partial charge on any atom is 0.265 e. The van der Waals surface area contributed by atoms with Gasteiger partial charge in [-0.15, -0.1) is 0 Å². The lowest BCUT2D eigenvalue weighted by atomic mass is 10.1. The molecule has 2 rings (SSSR count). The molecule has 1 unspecified atom stereocenters. The van der Waals surface area contributed by atoms with Gasteiger partial charge in [0.2, 0.25) is 0 Å². The molecule has 1 atom stereocenters. The molecule has 0 bridgehead atoms. The molecule has 0 spiro atoms. The van der Waals surface area contributed by atoms with Gasteiger partial charge in [-0.25, -0.2) is 0 Å². The number of guanidine groups is 1. The van der Waals surface area contributed by atoms with Crippen molar-refractivity contribution in [2.75, 3.05) is 14.2 Å². The van der Waals surface area contributed by atoms with Gasteiger partial charge in [-0.3, -0.25) is 10.2 Å². The van der Waals surface area contributed by atoms with Gasteiger partial charge in [0.1, 0.15) is 17.2 Å². The molecule has 142 valence electrons. The maximum absolute atomic E-state index is 11.6. The predicted molar refractivity (Wildman–Crippen MR) is 103 cm³/mol. The Bertz CT molecular complexity index is 685. The number of carbonyl (C=O) groups excluding carboxylic acids is 1. The molecule has 1 aromatic carbocycles. The van der Waals surface area contributed by atoms with E-state index < -0.39 is 5.91 Å². The minimum atomic E-state index is -0.478. The van der Waals surface area contributed by atoms with Crippen LogP contribution < -0.4 is 25.8 Å². The van der Waals surface area contributed by atoms with Crippen molar-refractivity contribution in [1.29, 1.82) is 5.41 Å². The fourth-order valence-electron chi connectivity index (χ4n) is 2.67. The molecule has 1 aromatic rings. The predicted octanol–water partition coefficient (Wildman–Crippen LogP) is 1.39. The number of carbonyl (C=O) groups is 1. The average Bonchev–Trinajstić information content (AvgIpc) is 3.03. The van der Waals surface area contributed by atoms with E-state index in [1.807, 2.05) is 36.9 Å². The third kappa shape index (κ3) is 4.34. The second-order valence-electron chi connectivity index (χ2n) is 5.87. The molecule has 0 saturated carbocycles. The number of nitrogens with one attached hydrogen (secondary N) is 3. The number of nitrogens with two attached hydrogens (primary N) is 1. The molecule has 9 heteroatoms. The number of ether oxygens (including phenoxy) is 2. The number of thioether (sulfide) groups is 1. The Labute approximate surface area is 157 Å². The Kier molecular flexibility index (Phi) is 6.62. The van der Waals surface area contributed by atoms with E-state index in [0.29, 0.717) is 23.7 Å². The third-order valence-electron chi connectivity index (χ3n) is 3.89. The third-order valence-corrected chi connectivity index (χ3v) is 4.85. The Morgan fingerprint density at radius 2 is 1.96 bits per heavy atom. The molecule has 8 nitrogen and oxygen atoms in total. The van der Waals surface area contributed by atoms with Crippen LogP contribution in [0.5, 0.6) is 11.5 Å². The van der Waals surface area contributed by atoms with Crippen LogP contribution in [0, 0.1) is 5.41 Å². The molecular formula is C17H25N5O3S. The van der Waals surface area contributed by atoms with E-state index in [2.05, 4.69) is 10.6 Å². The van der Waals surface area contributed by atoms with E-state index in [1.165, 1.54) is 11.8 Å². The minimum absolute atomic E-state index is 0.0587. The zero-order chi connectivity index (χ0) is 19.3. The zero-order valence-corrected chi connectivity index (χ0v) is 16.1. The van der Waals surface area contributed by atoms with Crippen LogP contribution >= 0.6 is 11.8 Å². The highest BCUT2D eigenvalue weighted by Crippen LogP contribution is 2.31. The van der Waals surface area contributed by atoms with Crippen LogP contribution in [0.15, 0.2) is 29.3 Å². The number of primary amides is 1. The van der Waals surface area contributed by atoms with Gasteiger partial charge >= 0.3 is 0 Å². The molecule has 1 aliphatic heterocycles. The largest absolute Gasteiger partial charge is 0.496 e. The van der Waals surface area contributed by atoms with Crippen molar-refractivity contribution >= 4 is 23.6 Å². The summed E-state index contributed by atoms with van der Waals surface area (Å²) in [4.78, 5) is 13.4. The summed E-state index contributed by atoms with van der Waals surface area (Å²) in [6.45, 7) is 4.29. The monoisotopic (exact) mass is 379 g/mol. The van der Waals surface area contributed by atoms with Crippen LogP contribution in [-0.2, 0) is 11.3 Å². The number of amides is 1. The van der Waals surface area contributed by atoms with Gasteiger partial charge in [0.25, 0.3) is 5.91 Å². The topological polar surface area (TPSA) is 113 Å². The van der Waals surface area contributed by atoms with E-state index >= 15 is 0 Å². The molecule has 0 saturated heterocycles. The van der Waals surface area contributed by atoms with Crippen molar-refractivity contribution in [2.24, 2.45) is 5.73 Å². The highest BCUT2D eigenvalue weighted by Gasteiger charge is 2.32. The van der Waals surface area contributed by atoms with Crippen molar-refractivity contribution < 1.29 is 14.3 Å². The van der Waals surface area contributed by atoms with Gasteiger partial charge in [-0.1, -0.05) is 17.8 Å². The molecule has 0 aromatic heterocycles. The van der Waals surface area contributed by atoms with Crippen LogP contribution in [-0.4, -0.2) is 42.5 Å². The highest BCUT2D eigenvalue weighted by molar-refractivity contribution is 8.02. The number of benzene rings is 1. The van der Waals surface area contributed by atoms with Gasteiger partial charge in [0.15, 0.2) is 11.5 Å². The van der Waals surface area contributed by atoms with Crippen molar-refractivity contribution in [2.45, 2.75) is 31.9 Å². The molecule has 26 heavy (non-hydrogen) atoms. The quantitative estimate of drug-likeness (QED) is 0.418. The normalized spacial score (nSPS) is 16.3. The molecule has 5 N–H and O–H groups in total. The standard InChI is InChI=1S/C17H25N5O3S/c1-10(2)22-12(15(18)23)9-26-17(22)21-16(19)20-8-11-13(24-3)6-5-7-14(11)25-4/h5-7,9-10,17H,8H2,1-4H3,(H2,18,23)(H3,19,20,21). The summed E-state index contributed by atoms with van der Waals surface area (Å²) in [5, 5.41) is 16.0. The molecule has 1 heterocycles. The Hall–Kier alpha value is -2.55. The Balaban J connectivity index is 2.01. The number of methoxy groups -OCH3 is 2. The first-order valence-electron chi connectivity index (χ1n) is 8.11. The minimum Gasteiger partial charge on any atom is -0.496 e. The molecule has 0 aliphatic carbocycles. The van der Waals surface area contributed by atoms with Gasteiger partial charge in [0.05, 0.1) is 26.3 Å². The van der Waals surface area contributed by atoms with Crippen molar-refractivity contribution in [3.8, 4) is 11.5 Å². The van der Waals surface area contributed by atoms with Gasteiger partial charge in [-0.2, -0.15) is 0 Å². The van der Waals surface area contributed by atoms with E-state index in [1.54, 1.807) is 19.6 Å². The summed E-state index contributed by atoms with van der Waals surface area (Å²) in [6.07, 6.45) is 0. The lowest BCUT2D eigenvalue weighted by Crippen LogP contribution is -2.50. The van der Waals surface area contributed by atoms with Gasteiger partial charge in [0, 0.05) is 11.4 Å². The van der Waals surface area contributed by atoms with Crippen molar-refractivity contribution in [3.63, 3.8) is 0 Å². The first-order valence-corrected chi connectivity index (χ1v) is 9.05. The van der Waals surface area contributed by atoms with E-state index in [4.69, 9.17) is 20.6 Å². The SMILES string of the molecule is COc1cccc(OC)c1CNC(=N)NC1SC=C(C(N)=O)N1C(C)C. The van der Waals surface area contributed by atoms with Crippen LogP contribution in [0.25, 0.3) is 0 Å². The summed E-state index contributed by atoms with van der Waals surface area (Å²) in [5.41, 5.74) is 6.42. The van der Waals surface area contributed by atoms with E-state index in [-0.39, 0.29) is 17.5 Å². The lowest BCUT2D eigenvalue weighted by Gasteiger charge is -2.32. The maximum atomic E-state index is 11.6. The summed E-state index contributed by atoms with van der Waals surface area (Å²) in [7, 11) is 3.18. The number of hydrogen-bond acceptors (Lipinski definition) is 6. The fourth-order valence-corrected chi connectivity index (χ4v) is 3.84. The average molecular weight is 379 g/mol. The van der Waals surface area contributed by atoms with Gasteiger partial charge < -0.3 is 30.7 Å². The van der Waals surface area contributed by atoms with Crippen molar-refractivity contribution in [1.82, 2.24) is 15.5 Å². The smallest absolute Gasteiger partial charge is 0.265 e. The number of rotatable bonds is 7. The van der Waals surface area contributed by atoms with E-state index in [9.17, 15) is 4.79 Å². The summed E-state index contributed by atoms with van der Waals surface area (Å²) in [6, 6.07) is 5.58. The fraction of sp³-hybridized carbons (Fsp3) is 0.412. The molecule has 0 fully saturated rings. The first-order chi connectivity index (χ1) is 12.4. The van der Waals surface area contributed by atoms with Crippen molar-refractivity contribution in [3.05, 3.63) is 34.9 Å². The Morgan fingerprint density at radius 3 is 2.46 bits per heavy atom. The van der Waals surface area contributed by atoms with Crippen LogP contribution in [0.2, 0.25) is 0 Å². The summed E-state index contributed by atoms with van der Waals surface area (Å²) < 4.78 is 10.7. The van der Waals surface area contributed by atoms with Crippen LogP contribution in [0.3, 0.4) is 0 Å². The second-order valence-corrected chi connectivity index (χ2v) is 6.83. The highest BCUT2D eigenvalue weighted by atomic mass is 32.2. The zero-order valence-electron chi connectivity index (χ0n) is 15.3. The molecule has 1 aliphatic rings. The molecule has 0 radical (unpaired) electrons. The van der Waals surface area contributed by atoms with Crippen LogP contribution in [0.4, 0.5) is 0 Å². The Morgan fingerprint density at radius 1 is 1.35 bits per heavy atom. The molecular weight excluding hydrogens is 354 g/mol. The van der Waals surface area contributed by atoms with Gasteiger partial charge in [-0.05, 0) is 26.0 Å².